The summed E-state index contributed by atoms with van der Waals surface area (Å²) in [6, 6.07) is 16.9. The number of benzene rings is 2. The third-order valence-electron chi connectivity index (χ3n) is 3.95. The lowest BCUT2D eigenvalue weighted by molar-refractivity contribution is -0.125. The predicted molar refractivity (Wildman–Crippen MR) is 94.6 cm³/mol. The highest BCUT2D eigenvalue weighted by Gasteiger charge is 2.16. The molecule has 4 nitrogen and oxygen atoms in total. The van der Waals surface area contributed by atoms with E-state index >= 15 is 0 Å². The van der Waals surface area contributed by atoms with Gasteiger partial charge in [-0.1, -0.05) is 62.4 Å². The molecule has 0 unspecified atom stereocenters. The highest BCUT2D eigenvalue weighted by atomic mass is 16.5. The fraction of sp³-hybridized carbons (Fsp3) is 0.300. The SMILES string of the molecule is CC(C)[C@@H](C)NC(=O)COC(=O)c1ccccc1-c1ccccc1. The molecular formula is C20H23NO3. The lowest BCUT2D eigenvalue weighted by Crippen LogP contribution is -2.38. The van der Waals surface area contributed by atoms with Crippen molar-refractivity contribution in [2.75, 3.05) is 6.61 Å². The Morgan fingerprint density at radius 1 is 0.958 bits per heavy atom. The minimum absolute atomic E-state index is 0.0350. The van der Waals surface area contributed by atoms with Gasteiger partial charge in [-0.25, -0.2) is 4.79 Å². The zero-order valence-electron chi connectivity index (χ0n) is 14.3. The lowest BCUT2D eigenvalue weighted by atomic mass is 10.00. The minimum atomic E-state index is -0.498. The Balaban J connectivity index is 2.05. The second-order valence-electron chi connectivity index (χ2n) is 6.09. The lowest BCUT2D eigenvalue weighted by Gasteiger charge is -2.17. The Hall–Kier alpha value is -2.62. The molecule has 4 heteroatoms. The number of hydrogen-bond donors (Lipinski definition) is 1. The summed E-state index contributed by atoms with van der Waals surface area (Å²) in [6.07, 6.45) is 0. The second kappa shape index (κ2) is 8.29. The Morgan fingerprint density at radius 2 is 1.58 bits per heavy atom. The molecule has 2 aromatic carbocycles. The van der Waals surface area contributed by atoms with E-state index < -0.39 is 5.97 Å². The molecule has 0 bridgehead atoms. The smallest absolute Gasteiger partial charge is 0.339 e. The molecule has 0 heterocycles. The van der Waals surface area contributed by atoms with Crippen LogP contribution in [0, 0.1) is 5.92 Å². The first-order valence-electron chi connectivity index (χ1n) is 8.10. The van der Waals surface area contributed by atoms with Crippen LogP contribution in [0.5, 0.6) is 0 Å². The number of amides is 1. The van der Waals surface area contributed by atoms with Gasteiger partial charge in [0.2, 0.25) is 0 Å². The molecule has 126 valence electrons. The van der Waals surface area contributed by atoms with Crippen molar-refractivity contribution in [2.24, 2.45) is 5.92 Å². The summed E-state index contributed by atoms with van der Waals surface area (Å²) >= 11 is 0. The van der Waals surface area contributed by atoms with Gasteiger partial charge in [-0.2, -0.15) is 0 Å². The Kier molecular flexibility index (Phi) is 6.13. The van der Waals surface area contributed by atoms with Crippen LogP contribution in [0.4, 0.5) is 0 Å². The van der Waals surface area contributed by atoms with Crippen LogP contribution in [0.3, 0.4) is 0 Å². The molecule has 0 saturated carbocycles. The quantitative estimate of drug-likeness (QED) is 0.825. The van der Waals surface area contributed by atoms with E-state index in [0.29, 0.717) is 11.5 Å². The van der Waals surface area contributed by atoms with E-state index in [0.717, 1.165) is 11.1 Å². The summed E-state index contributed by atoms with van der Waals surface area (Å²) in [4.78, 5) is 24.2. The van der Waals surface area contributed by atoms with Gasteiger partial charge in [0.05, 0.1) is 5.56 Å². The standard InChI is InChI=1S/C20H23NO3/c1-14(2)15(3)21-19(22)13-24-20(23)18-12-8-7-11-17(18)16-9-5-4-6-10-16/h4-12,14-15H,13H2,1-3H3,(H,21,22)/t15-/m1/s1. The van der Waals surface area contributed by atoms with Crippen LogP contribution in [0.2, 0.25) is 0 Å². The topological polar surface area (TPSA) is 55.4 Å². The highest BCUT2D eigenvalue weighted by molar-refractivity contribution is 5.98. The van der Waals surface area contributed by atoms with Gasteiger partial charge in [0, 0.05) is 6.04 Å². The van der Waals surface area contributed by atoms with E-state index in [-0.39, 0.29) is 18.6 Å². The van der Waals surface area contributed by atoms with E-state index in [1.807, 2.05) is 63.2 Å². The van der Waals surface area contributed by atoms with Gasteiger partial charge in [-0.3, -0.25) is 4.79 Å². The third-order valence-corrected chi connectivity index (χ3v) is 3.95. The van der Waals surface area contributed by atoms with E-state index in [1.54, 1.807) is 12.1 Å². The van der Waals surface area contributed by atoms with E-state index in [1.165, 1.54) is 0 Å². The maximum Gasteiger partial charge on any atom is 0.339 e. The van der Waals surface area contributed by atoms with Crippen molar-refractivity contribution >= 4 is 11.9 Å². The van der Waals surface area contributed by atoms with Gasteiger partial charge in [-0.05, 0) is 30.0 Å². The number of ether oxygens (including phenoxy) is 1. The zero-order chi connectivity index (χ0) is 17.5. The molecule has 2 aromatic rings. The number of carbonyl (C=O) groups excluding carboxylic acids is 2. The number of rotatable bonds is 6. The Morgan fingerprint density at radius 3 is 2.25 bits per heavy atom. The largest absolute Gasteiger partial charge is 0.452 e. The van der Waals surface area contributed by atoms with Crippen LogP contribution >= 0.6 is 0 Å². The molecule has 1 atom stereocenters. The molecule has 24 heavy (non-hydrogen) atoms. The third kappa shape index (κ3) is 4.69. The summed E-state index contributed by atoms with van der Waals surface area (Å²) in [6.45, 7) is 5.69. The van der Waals surface area contributed by atoms with Crippen LogP contribution < -0.4 is 5.32 Å². The predicted octanol–water partition coefficient (Wildman–Crippen LogP) is 3.67. The summed E-state index contributed by atoms with van der Waals surface area (Å²) in [5.74, 6) is -0.466. The van der Waals surface area contributed by atoms with E-state index in [4.69, 9.17) is 4.74 Å². The first-order valence-corrected chi connectivity index (χ1v) is 8.10. The molecule has 0 aliphatic heterocycles. The highest BCUT2D eigenvalue weighted by Crippen LogP contribution is 2.23. The Bertz CT molecular complexity index is 695. The zero-order valence-corrected chi connectivity index (χ0v) is 14.3. The average molecular weight is 325 g/mol. The molecule has 1 N–H and O–H groups in total. The molecule has 0 radical (unpaired) electrons. The van der Waals surface area contributed by atoms with Crippen molar-refractivity contribution in [1.29, 1.82) is 0 Å². The van der Waals surface area contributed by atoms with Gasteiger partial charge in [0.1, 0.15) is 0 Å². The number of esters is 1. The van der Waals surface area contributed by atoms with Crippen molar-refractivity contribution < 1.29 is 14.3 Å². The monoisotopic (exact) mass is 325 g/mol. The van der Waals surface area contributed by atoms with Crippen LogP contribution in [0.1, 0.15) is 31.1 Å². The molecule has 0 saturated heterocycles. The molecule has 1 amide bonds. The molecule has 0 aromatic heterocycles. The van der Waals surface area contributed by atoms with Crippen LogP contribution in [-0.4, -0.2) is 24.5 Å². The number of nitrogens with one attached hydrogen (secondary N) is 1. The first-order chi connectivity index (χ1) is 11.5. The fourth-order valence-electron chi connectivity index (χ4n) is 2.20. The Labute approximate surface area is 142 Å². The normalized spacial score (nSPS) is 11.8. The molecule has 0 aliphatic carbocycles. The summed E-state index contributed by atoms with van der Waals surface area (Å²) in [5.41, 5.74) is 2.18. The average Bonchev–Trinajstić information content (AvgIpc) is 2.60. The van der Waals surface area contributed by atoms with Crippen molar-refractivity contribution in [2.45, 2.75) is 26.8 Å². The summed E-state index contributed by atoms with van der Waals surface area (Å²) in [5, 5.41) is 2.82. The van der Waals surface area contributed by atoms with Crippen molar-refractivity contribution in [3.63, 3.8) is 0 Å². The van der Waals surface area contributed by atoms with Gasteiger partial charge >= 0.3 is 5.97 Å². The van der Waals surface area contributed by atoms with Crippen LogP contribution in [-0.2, 0) is 9.53 Å². The maximum absolute atomic E-state index is 12.4. The molecule has 0 fully saturated rings. The van der Waals surface area contributed by atoms with Gasteiger partial charge < -0.3 is 10.1 Å². The molecule has 0 aliphatic rings. The molecule has 2 rings (SSSR count). The van der Waals surface area contributed by atoms with Crippen molar-refractivity contribution in [1.82, 2.24) is 5.32 Å². The van der Waals surface area contributed by atoms with Gasteiger partial charge in [0.15, 0.2) is 6.61 Å². The number of hydrogen-bond acceptors (Lipinski definition) is 3. The number of carbonyl (C=O) groups is 2. The van der Waals surface area contributed by atoms with Gasteiger partial charge in [0.25, 0.3) is 5.91 Å². The van der Waals surface area contributed by atoms with Crippen LogP contribution in [0.25, 0.3) is 11.1 Å². The minimum Gasteiger partial charge on any atom is -0.452 e. The van der Waals surface area contributed by atoms with E-state index in [2.05, 4.69) is 5.32 Å². The van der Waals surface area contributed by atoms with Crippen molar-refractivity contribution in [3.05, 3.63) is 60.2 Å². The fourth-order valence-corrected chi connectivity index (χ4v) is 2.20. The maximum atomic E-state index is 12.4. The summed E-state index contributed by atoms with van der Waals surface area (Å²) < 4.78 is 5.18. The first kappa shape index (κ1) is 17.7. The van der Waals surface area contributed by atoms with E-state index in [9.17, 15) is 9.59 Å². The molecular weight excluding hydrogens is 302 g/mol. The summed E-state index contributed by atoms with van der Waals surface area (Å²) in [7, 11) is 0. The second-order valence-corrected chi connectivity index (χ2v) is 6.09. The molecule has 0 spiro atoms. The van der Waals surface area contributed by atoms with Gasteiger partial charge in [-0.15, -0.1) is 0 Å². The van der Waals surface area contributed by atoms with Crippen molar-refractivity contribution in [3.8, 4) is 11.1 Å². The van der Waals surface area contributed by atoms with Crippen LogP contribution in [0.15, 0.2) is 54.6 Å².